The number of nitro benzene ring substituents is 1. The van der Waals surface area contributed by atoms with Crippen molar-refractivity contribution in [3.8, 4) is 11.3 Å². The minimum atomic E-state index is -0.417. The van der Waals surface area contributed by atoms with Gasteiger partial charge in [-0.25, -0.2) is 5.43 Å². The Morgan fingerprint density at radius 3 is 2.58 bits per heavy atom. The second kappa shape index (κ2) is 10.2. The van der Waals surface area contributed by atoms with Gasteiger partial charge in [0.05, 0.1) is 16.7 Å². The molecule has 4 aromatic rings. The summed E-state index contributed by atoms with van der Waals surface area (Å²) < 4.78 is 5.78. The highest BCUT2D eigenvalue weighted by Crippen LogP contribution is 2.31. The molecule has 0 amide bonds. The van der Waals surface area contributed by atoms with Crippen LogP contribution in [-0.2, 0) is 0 Å². The number of para-hydroxylation sites is 1. The molecule has 36 heavy (non-hydrogen) atoms. The Hall–Kier alpha value is -4.80. The van der Waals surface area contributed by atoms with E-state index in [0.29, 0.717) is 29.0 Å². The smallest absolute Gasteiger partial charge is 0.280 e. The Morgan fingerprint density at radius 2 is 1.81 bits per heavy atom. The van der Waals surface area contributed by atoms with Crippen LogP contribution in [0.15, 0.2) is 70.2 Å². The summed E-state index contributed by atoms with van der Waals surface area (Å²) in [5.74, 6) is 2.06. The number of hydrazone groups is 1. The number of furan rings is 1. The van der Waals surface area contributed by atoms with Gasteiger partial charge in [-0.3, -0.25) is 10.1 Å². The van der Waals surface area contributed by atoms with Crippen molar-refractivity contribution in [3.63, 3.8) is 0 Å². The number of hydrogen-bond acceptors (Lipinski definition) is 10. The van der Waals surface area contributed by atoms with Crippen LogP contribution in [0.2, 0.25) is 0 Å². The van der Waals surface area contributed by atoms with Crippen LogP contribution in [0.1, 0.15) is 24.2 Å². The summed E-state index contributed by atoms with van der Waals surface area (Å²) in [6, 6.07) is 18.0. The van der Waals surface area contributed by atoms with E-state index in [1.54, 1.807) is 31.2 Å². The number of nitrogens with one attached hydrogen (secondary N) is 2. The SMILES string of the molecule is Cc1ccc(-c2ccc(/C=N\Nc3nc(Nc4ccccc4)nc(N4CCCC4)n3)o2)c([N+](=O)[O-])c1. The summed E-state index contributed by atoms with van der Waals surface area (Å²) in [6.45, 7) is 3.58. The molecular weight excluding hydrogens is 460 g/mol. The van der Waals surface area contributed by atoms with Gasteiger partial charge < -0.3 is 14.6 Å². The molecule has 0 spiro atoms. The summed E-state index contributed by atoms with van der Waals surface area (Å²) >= 11 is 0. The van der Waals surface area contributed by atoms with Crippen molar-refractivity contribution in [2.24, 2.45) is 5.10 Å². The van der Waals surface area contributed by atoms with Gasteiger partial charge in [0.15, 0.2) is 0 Å². The number of hydrogen-bond donors (Lipinski definition) is 2. The Balaban J connectivity index is 1.35. The molecule has 0 radical (unpaired) electrons. The van der Waals surface area contributed by atoms with Crippen molar-refractivity contribution in [2.75, 3.05) is 28.7 Å². The van der Waals surface area contributed by atoms with Crippen molar-refractivity contribution < 1.29 is 9.34 Å². The number of rotatable bonds is 8. The number of benzene rings is 2. The standard InChI is InChI=1S/C25H24N8O3/c1-17-9-11-20(21(15-17)33(34)35)22-12-10-19(36-22)16-26-31-24-28-23(27-18-7-3-2-4-8-18)29-25(30-24)32-13-5-6-14-32/h2-4,7-12,15-16H,5-6,13-14H2,1H3,(H2,27,28,29,30,31)/b26-16-. The summed E-state index contributed by atoms with van der Waals surface area (Å²) in [7, 11) is 0. The molecule has 11 nitrogen and oxygen atoms in total. The zero-order valence-corrected chi connectivity index (χ0v) is 19.6. The van der Waals surface area contributed by atoms with Gasteiger partial charge in [-0.05, 0) is 55.7 Å². The van der Waals surface area contributed by atoms with Crippen LogP contribution in [0.3, 0.4) is 0 Å². The minimum absolute atomic E-state index is 0.0102. The quantitative estimate of drug-likeness (QED) is 0.198. The van der Waals surface area contributed by atoms with E-state index in [0.717, 1.165) is 37.2 Å². The first-order valence-electron chi connectivity index (χ1n) is 11.5. The van der Waals surface area contributed by atoms with Crippen LogP contribution in [-0.4, -0.2) is 39.2 Å². The fourth-order valence-corrected chi connectivity index (χ4v) is 3.90. The van der Waals surface area contributed by atoms with Crippen LogP contribution in [0.5, 0.6) is 0 Å². The molecule has 0 saturated carbocycles. The predicted molar refractivity (Wildman–Crippen MR) is 138 cm³/mol. The number of nitro groups is 1. The van der Waals surface area contributed by atoms with Crippen molar-refractivity contribution >= 4 is 35.4 Å². The maximum absolute atomic E-state index is 11.4. The lowest BCUT2D eigenvalue weighted by atomic mass is 10.1. The number of anilines is 4. The molecule has 5 rings (SSSR count). The van der Waals surface area contributed by atoms with E-state index in [4.69, 9.17) is 4.42 Å². The molecule has 11 heteroatoms. The van der Waals surface area contributed by atoms with Crippen molar-refractivity contribution in [3.05, 3.63) is 82.1 Å². The zero-order chi connectivity index (χ0) is 24.9. The average Bonchev–Trinajstić information content (AvgIpc) is 3.57. The summed E-state index contributed by atoms with van der Waals surface area (Å²) in [6.07, 6.45) is 3.65. The lowest BCUT2D eigenvalue weighted by molar-refractivity contribution is -0.384. The first kappa shape index (κ1) is 23.0. The van der Waals surface area contributed by atoms with Crippen LogP contribution >= 0.6 is 0 Å². The number of aromatic nitrogens is 3. The third-order valence-corrected chi connectivity index (χ3v) is 5.64. The number of nitrogens with zero attached hydrogens (tertiary/aromatic N) is 6. The van der Waals surface area contributed by atoms with E-state index in [-0.39, 0.29) is 11.6 Å². The normalized spacial score (nSPS) is 13.3. The molecule has 1 aliphatic heterocycles. The average molecular weight is 485 g/mol. The van der Waals surface area contributed by atoms with Crippen molar-refractivity contribution in [2.45, 2.75) is 19.8 Å². The molecule has 1 fully saturated rings. The van der Waals surface area contributed by atoms with Crippen LogP contribution in [0, 0.1) is 17.0 Å². The van der Waals surface area contributed by atoms with Gasteiger partial charge in [-0.15, -0.1) is 0 Å². The molecule has 3 heterocycles. The molecule has 182 valence electrons. The molecule has 0 bridgehead atoms. The molecule has 1 saturated heterocycles. The lowest BCUT2D eigenvalue weighted by Crippen LogP contribution is -2.21. The van der Waals surface area contributed by atoms with E-state index in [1.807, 2.05) is 30.3 Å². The molecule has 0 aliphatic carbocycles. The number of aryl methyl sites for hydroxylation is 1. The second-order valence-electron chi connectivity index (χ2n) is 8.32. The highest BCUT2D eigenvalue weighted by atomic mass is 16.6. The van der Waals surface area contributed by atoms with Crippen molar-refractivity contribution in [1.29, 1.82) is 0 Å². The van der Waals surface area contributed by atoms with Gasteiger partial charge in [0, 0.05) is 24.8 Å². The molecule has 2 aromatic heterocycles. The van der Waals surface area contributed by atoms with Gasteiger partial charge >= 0.3 is 0 Å². The highest BCUT2D eigenvalue weighted by Gasteiger charge is 2.19. The van der Waals surface area contributed by atoms with Crippen molar-refractivity contribution in [1.82, 2.24) is 15.0 Å². The summed E-state index contributed by atoms with van der Waals surface area (Å²) in [5, 5.41) is 18.9. The van der Waals surface area contributed by atoms with E-state index in [1.165, 1.54) is 12.3 Å². The largest absolute Gasteiger partial charge is 0.455 e. The fraction of sp³-hybridized carbons (Fsp3) is 0.200. The monoisotopic (exact) mass is 484 g/mol. The Bertz CT molecular complexity index is 1400. The lowest BCUT2D eigenvalue weighted by Gasteiger charge is -2.16. The van der Waals surface area contributed by atoms with Gasteiger partial charge in [-0.1, -0.05) is 24.3 Å². The molecule has 2 N–H and O–H groups in total. The van der Waals surface area contributed by atoms with E-state index >= 15 is 0 Å². The highest BCUT2D eigenvalue weighted by molar-refractivity contribution is 5.79. The first-order chi connectivity index (χ1) is 17.5. The van der Waals surface area contributed by atoms with Gasteiger partial charge in [0.2, 0.25) is 17.8 Å². The molecular formula is C25H24N8O3. The van der Waals surface area contributed by atoms with E-state index in [2.05, 4.69) is 35.7 Å². The molecule has 2 aromatic carbocycles. The maximum Gasteiger partial charge on any atom is 0.280 e. The van der Waals surface area contributed by atoms with Crippen LogP contribution in [0.4, 0.5) is 29.2 Å². The third kappa shape index (κ3) is 5.30. The fourth-order valence-electron chi connectivity index (χ4n) is 3.90. The Kier molecular flexibility index (Phi) is 6.52. The molecule has 1 aliphatic rings. The zero-order valence-electron chi connectivity index (χ0n) is 19.6. The Morgan fingerprint density at radius 1 is 1.03 bits per heavy atom. The van der Waals surface area contributed by atoms with Crippen LogP contribution in [0.25, 0.3) is 11.3 Å². The first-order valence-corrected chi connectivity index (χ1v) is 11.5. The maximum atomic E-state index is 11.4. The Labute approximate surface area is 207 Å². The van der Waals surface area contributed by atoms with Gasteiger partial charge in [0.1, 0.15) is 11.5 Å². The molecule has 0 atom stereocenters. The third-order valence-electron chi connectivity index (χ3n) is 5.64. The van der Waals surface area contributed by atoms with E-state index < -0.39 is 4.92 Å². The molecule has 0 unspecified atom stereocenters. The topological polar surface area (TPSA) is 135 Å². The second-order valence-corrected chi connectivity index (χ2v) is 8.32. The van der Waals surface area contributed by atoms with E-state index in [9.17, 15) is 10.1 Å². The van der Waals surface area contributed by atoms with Gasteiger partial charge in [0.25, 0.3) is 5.69 Å². The van der Waals surface area contributed by atoms with Gasteiger partial charge in [-0.2, -0.15) is 20.1 Å². The summed E-state index contributed by atoms with van der Waals surface area (Å²) in [5.41, 5.74) is 4.90. The summed E-state index contributed by atoms with van der Waals surface area (Å²) in [4.78, 5) is 26.7. The minimum Gasteiger partial charge on any atom is -0.455 e. The van der Waals surface area contributed by atoms with Crippen LogP contribution < -0.4 is 15.6 Å². The predicted octanol–water partition coefficient (Wildman–Crippen LogP) is 5.14.